The molecule has 64 heavy (non-hydrogen) atoms. The van der Waals surface area contributed by atoms with Gasteiger partial charge in [-0.3, -0.25) is 0 Å². The standard InChI is InChI=1S/C62H48N2/c1-4-5-32-56-43(2)19-14-34-58(56)50-28-16-30-52(38-50)60(63)40-54(36-44(3)45-20-8-6-9-21-45)48-26-15-27-49(37-48)55-41-61(47-23-10-7-11-24-47)64-62(42-55)53-31-17-29-51(39-53)59-35-18-25-46-22-12-13-33-57(46)59/h4-42H,1,3,63H2,2H3/b32-5-,54-36+,60-40-. The van der Waals surface area contributed by atoms with Crippen LogP contribution in [0.3, 0.4) is 0 Å². The molecule has 306 valence electrons. The van der Waals surface area contributed by atoms with Crippen molar-refractivity contribution in [2.24, 2.45) is 5.73 Å². The summed E-state index contributed by atoms with van der Waals surface area (Å²) in [5.41, 5.74) is 25.5. The summed E-state index contributed by atoms with van der Waals surface area (Å²) < 4.78 is 0. The molecule has 0 aliphatic rings. The first kappa shape index (κ1) is 41.0. The van der Waals surface area contributed by atoms with Gasteiger partial charge in [-0.25, -0.2) is 4.98 Å². The van der Waals surface area contributed by atoms with Crippen LogP contribution in [0.2, 0.25) is 0 Å². The molecule has 0 atom stereocenters. The van der Waals surface area contributed by atoms with Crippen molar-refractivity contribution in [2.45, 2.75) is 6.92 Å². The molecule has 0 unspecified atom stereocenters. The van der Waals surface area contributed by atoms with Crippen LogP contribution in [0.15, 0.2) is 244 Å². The third kappa shape index (κ3) is 8.99. The van der Waals surface area contributed by atoms with Crippen molar-refractivity contribution in [1.29, 1.82) is 0 Å². The van der Waals surface area contributed by atoms with E-state index in [-0.39, 0.29) is 0 Å². The van der Waals surface area contributed by atoms with Gasteiger partial charge in [0.15, 0.2) is 0 Å². The average Bonchev–Trinajstić information content (AvgIpc) is 3.36. The van der Waals surface area contributed by atoms with Crippen molar-refractivity contribution in [2.75, 3.05) is 0 Å². The maximum atomic E-state index is 7.10. The number of pyridine rings is 1. The Kier molecular flexibility index (Phi) is 12.0. The number of aryl methyl sites for hydroxylation is 1. The van der Waals surface area contributed by atoms with Crippen molar-refractivity contribution < 1.29 is 0 Å². The molecular weight excluding hydrogens is 773 g/mol. The van der Waals surface area contributed by atoms with Crippen LogP contribution in [-0.2, 0) is 0 Å². The average molecular weight is 821 g/mol. The summed E-state index contributed by atoms with van der Waals surface area (Å²) in [5, 5.41) is 2.44. The highest BCUT2D eigenvalue weighted by Gasteiger charge is 2.14. The monoisotopic (exact) mass is 820 g/mol. The van der Waals surface area contributed by atoms with Gasteiger partial charge in [0.2, 0.25) is 0 Å². The van der Waals surface area contributed by atoms with E-state index in [0.29, 0.717) is 5.70 Å². The Morgan fingerprint density at radius 2 is 1.05 bits per heavy atom. The Hall–Kier alpha value is -8.33. The molecule has 9 aromatic rings. The lowest BCUT2D eigenvalue weighted by molar-refractivity contribution is 1.32. The lowest BCUT2D eigenvalue weighted by Crippen LogP contribution is -1.98. The van der Waals surface area contributed by atoms with Crippen molar-refractivity contribution in [3.05, 3.63) is 272 Å². The van der Waals surface area contributed by atoms with Gasteiger partial charge in [0.1, 0.15) is 0 Å². The van der Waals surface area contributed by atoms with Gasteiger partial charge in [-0.1, -0.05) is 207 Å². The van der Waals surface area contributed by atoms with Crippen LogP contribution in [0.1, 0.15) is 27.8 Å². The third-order valence-corrected chi connectivity index (χ3v) is 11.7. The quantitative estimate of drug-likeness (QED) is 0.125. The number of rotatable bonds is 12. The van der Waals surface area contributed by atoms with Crippen LogP contribution in [-0.4, -0.2) is 4.98 Å². The Balaban J connectivity index is 1.15. The highest BCUT2D eigenvalue weighted by molar-refractivity contribution is 5.97. The summed E-state index contributed by atoms with van der Waals surface area (Å²) in [7, 11) is 0. The molecule has 2 heteroatoms. The number of nitrogens with zero attached hydrogens (tertiary/aromatic N) is 1. The zero-order valence-electron chi connectivity index (χ0n) is 36.0. The third-order valence-electron chi connectivity index (χ3n) is 11.7. The molecule has 0 saturated carbocycles. The number of benzene rings is 8. The van der Waals surface area contributed by atoms with E-state index >= 15 is 0 Å². The van der Waals surface area contributed by atoms with Gasteiger partial charge >= 0.3 is 0 Å². The van der Waals surface area contributed by atoms with Gasteiger partial charge in [-0.15, -0.1) is 0 Å². The van der Waals surface area contributed by atoms with Crippen LogP contribution in [0.25, 0.3) is 89.6 Å². The van der Waals surface area contributed by atoms with E-state index in [9.17, 15) is 0 Å². The summed E-state index contributed by atoms with van der Waals surface area (Å²) in [6.45, 7) is 10.5. The first-order valence-corrected chi connectivity index (χ1v) is 21.6. The summed E-state index contributed by atoms with van der Waals surface area (Å²) >= 11 is 0. The van der Waals surface area contributed by atoms with E-state index in [4.69, 9.17) is 10.7 Å². The molecule has 0 fully saturated rings. The topological polar surface area (TPSA) is 38.9 Å². The highest BCUT2D eigenvalue weighted by Crippen LogP contribution is 2.36. The van der Waals surface area contributed by atoms with Gasteiger partial charge < -0.3 is 5.73 Å². The maximum absolute atomic E-state index is 7.10. The molecule has 9 rings (SSSR count). The van der Waals surface area contributed by atoms with Gasteiger partial charge in [0.25, 0.3) is 0 Å². The highest BCUT2D eigenvalue weighted by atomic mass is 14.7. The normalized spacial score (nSPS) is 11.8. The molecule has 2 nitrogen and oxygen atoms in total. The Morgan fingerprint density at radius 1 is 0.484 bits per heavy atom. The molecule has 0 saturated heterocycles. The fourth-order valence-electron chi connectivity index (χ4n) is 8.37. The second-order valence-electron chi connectivity index (χ2n) is 16.0. The molecule has 8 aromatic carbocycles. The van der Waals surface area contributed by atoms with Crippen LogP contribution >= 0.6 is 0 Å². The van der Waals surface area contributed by atoms with Crippen molar-refractivity contribution in [3.8, 4) is 55.9 Å². The molecule has 1 aromatic heterocycles. The Labute approximate surface area is 377 Å². The summed E-state index contributed by atoms with van der Waals surface area (Å²) in [5.74, 6) is 0. The molecule has 1 heterocycles. The second kappa shape index (κ2) is 18.7. The van der Waals surface area contributed by atoms with Crippen LogP contribution in [0, 0.1) is 6.92 Å². The van der Waals surface area contributed by atoms with Gasteiger partial charge in [-0.2, -0.15) is 0 Å². The van der Waals surface area contributed by atoms with Crippen LogP contribution in [0.4, 0.5) is 0 Å². The molecule has 0 aliphatic carbocycles. The summed E-state index contributed by atoms with van der Waals surface area (Å²) in [4.78, 5) is 5.30. The van der Waals surface area contributed by atoms with E-state index in [1.54, 1.807) is 0 Å². The van der Waals surface area contributed by atoms with Crippen molar-refractivity contribution in [3.63, 3.8) is 0 Å². The fourth-order valence-corrected chi connectivity index (χ4v) is 8.37. The number of nitrogens with two attached hydrogens (primary N) is 1. The van der Waals surface area contributed by atoms with Gasteiger partial charge in [0.05, 0.1) is 11.4 Å². The van der Waals surface area contributed by atoms with Gasteiger partial charge in [-0.05, 0) is 133 Å². The zero-order valence-corrected chi connectivity index (χ0v) is 36.0. The van der Waals surface area contributed by atoms with Gasteiger partial charge in [0, 0.05) is 16.8 Å². The molecule has 0 aliphatic heterocycles. The predicted octanol–water partition coefficient (Wildman–Crippen LogP) is 16.2. The minimum absolute atomic E-state index is 0.652. The minimum Gasteiger partial charge on any atom is -0.398 e. The molecular formula is C62H48N2. The van der Waals surface area contributed by atoms with Crippen LogP contribution in [0.5, 0.6) is 0 Å². The Bertz CT molecular complexity index is 3250. The maximum Gasteiger partial charge on any atom is 0.0715 e. The Morgan fingerprint density at radius 3 is 1.84 bits per heavy atom. The van der Waals surface area contributed by atoms with Crippen molar-refractivity contribution in [1.82, 2.24) is 4.98 Å². The summed E-state index contributed by atoms with van der Waals surface area (Å²) in [6.07, 6.45) is 10.1. The molecule has 0 bridgehead atoms. The molecule has 0 radical (unpaired) electrons. The second-order valence-corrected chi connectivity index (χ2v) is 16.0. The first-order valence-electron chi connectivity index (χ1n) is 21.6. The van der Waals surface area contributed by atoms with Crippen molar-refractivity contribution >= 4 is 33.7 Å². The lowest BCUT2D eigenvalue weighted by Gasteiger charge is -2.14. The van der Waals surface area contributed by atoms with E-state index in [1.807, 2.05) is 36.4 Å². The van der Waals surface area contributed by atoms with E-state index in [2.05, 4.69) is 220 Å². The first-order chi connectivity index (χ1) is 31.4. The zero-order chi connectivity index (χ0) is 43.8. The fraction of sp³-hybridized carbons (Fsp3) is 0.0161. The largest absolute Gasteiger partial charge is 0.398 e. The molecule has 0 amide bonds. The number of fused-ring (bicyclic) bond motifs is 1. The van der Waals surface area contributed by atoms with E-state index in [1.165, 1.54) is 21.9 Å². The lowest BCUT2D eigenvalue weighted by atomic mass is 9.92. The number of hydrogen-bond donors (Lipinski definition) is 1. The predicted molar refractivity (Wildman–Crippen MR) is 275 cm³/mol. The SMILES string of the molecule is C=C/C=C\c1c(C)cccc1-c1cccc(/C(N)=C/C(=C\C(=C)c2ccccc2)c2cccc(-c3cc(-c4ccccc4)nc(-c4cccc(-c5cccc6ccccc56)c4)c3)c2)c1. The van der Waals surface area contributed by atoms with E-state index in [0.717, 1.165) is 83.7 Å². The van der Waals surface area contributed by atoms with E-state index < -0.39 is 0 Å². The number of hydrogen-bond acceptors (Lipinski definition) is 2. The number of allylic oxidation sites excluding steroid dienone is 6. The molecule has 2 N–H and O–H groups in total. The summed E-state index contributed by atoms with van der Waals surface area (Å²) in [6, 6.07) is 72.4. The van der Waals surface area contributed by atoms with Crippen LogP contribution < -0.4 is 5.73 Å². The number of aromatic nitrogens is 1. The molecule has 0 spiro atoms. The smallest absolute Gasteiger partial charge is 0.0715 e. The minimum atomic E-state index is 0.652.